The van der Waals surface area contributed by atoms with Crippen molar-refractivity contribution in [3.05, 3.63) is 34.7 Å². The highest BCUT2D eigenvalue weighted by Gasteiger charge is 2.23. The van der Waals surface area contributed by atoms with Crippen LogP contribution in [0.15, 0.2) is 29.6 Å². The summed E-state index contributed by atoms with van der Waals surface area (Å²) in [6.07, 6.45) is 1.47. The van der Waals surface area contributed by atoms with Gasteiger partial charge in [0, 0.05) is 17.6 Å². The molecule has 1 aliphatic rings. The van der Waals surface area contributed by atoms with Crippen LogP contribution in [0.25, 0.3) is 11.3 Å². The Morgan fingerprint density at radius 2 is 2.27 bits per heavy atom. The van der Waals surface area contributed by atoms with Crippen LogP contribution in [0.3, 0.4) is 0 Å². The lowest BCUT2D eigenvalue weighted by atomic mass is 10.2. The van der Waals surface area contributed by atoms with Crippen molar-refractivity contribution in [2.24, 2.45) is 0 Å². The van der Waals surface area contributed by atoms with Gasteiger partial charge in [-0.3, -0.25) is 4.79 Å². The Bertz CT molecular complexity index is 633. The highest BCUT2D eigenvalue weighted by molar-refractivity contribution is 7.09. The number of methoxy groups -OCH3 is 1. The highest BCUT2D eigenvalue weighted by Crippen LogP contribution is 2.24. The molecule has 1 atom stereocenters. The Labute approximate surface area is 133 Å². The summed E-state index contributed by atoms with van der Waals surface area (Å²) < 4.78 is 10.5. The molecule has 1 aliphatic heterocycles. The van der Waals surface area contributed by atoms with Crippen LogP contribution in [-0.2, 0) is 16.1 Å². The minimum Gasteiger partial charge on any atom is -0.497 e. The summed E-state index contributed by atoms with van der Waals surface area (Å²) in [7, 11) is 1.65. The summed E-state index contributed by atoms with van der Waals surface area (Å²) in [5.41, 5.74) is 1.95. The number of hydrogen-bond donors (Lipinski definition) is 1. The lowest BCUT2D eigenvalue weighted by Gasteiger charge is -2.08. The predicted octanol–water partition coefficient (Wildman–Crippen LogP) is 2.61. The van der Waals surface area contributed by atoms with E-state index in [4.69, 9.17) is 9.47 Å². The summed E-state index contributed by atoms with van der Waals surface area (Å²) in [5.74, 6) is 0.779. The van der Waals surface area contributed by atoms with E-state index in [-0.39, 0.29) is 12.0 Å². The molecular formula is C16H18N2O3S. The number of nitrogens with one attached hydrogen (secondary N) is 1. The van der Waals surface area contributed by atoms with Crippen LogP contribution in [0, 0.1) is 0 Å². The van der Waals surface area contributed by atoms with Crippen molar-refractivity contribution in [1.29, 1.82) is 0 Å². The first-order valence-corrected chi connectivity index (χ1v) is 8.12. The summed E-state index contributed by atoms with van der Waals surface area (Å²) in [6, 6.07) is 7.77. The summed E-state index contributed by atoms with van der Waals surface area (Å²) in [6.45, 7) is 1.12. The van der Waals surface area contributed by atoms with Crippen LogP contribution in [-0.4, -0.2) is 30.7 Å². The van der Waals surface area contributed by atoms with Crippen molar-refractivity contribution in [3.63, 3.8) is 0 Å². The van der Waals surface area contributed by atoms with E-state index in [1.807, 2.05) is 29.6 Å². The molecule has 2 heterocycles. The molecule has 1 N–H and O–H groups in total. The summed E-state index contributed by atoms with van der Waals surface area (Å²) in [4.78, 5) is 16.4. The van der Waals surface area contributed by atoms with E-state index in [0.29, 0.717) is 13.2 Å². The monoisotopic (exact) mass is 318 g/mol. The smallest absolute Gasteiger partial charge is 0.249 e. The van der Waals surface area contributed by atoms with Gasteiger partial charge in [0.25, 0.3) is 0 Å². The van der Waals surface area contributed by atoms with E-state index in [1.54, 1.807) is 18.4 Å². The van der Waals surface area contributed by atoms with Crippen LogP contribution in [0.4, 0.5) is 0 Å². The molecule has 5 nitrogen and oxygen atoms in total. The molecule has 1 fully saturated rings. The average molecular weight is 318 g/mol. The Morgan fingerprint density at radius 1 is 1.45 bits per heavy atom. The number of amides is 1. The van der Waals surface area contributed by atoms with Gasteiger partial charge in [-0.25, -0.2) is 4.98 Å². The largest absolute Gasteiger partial charge is 0.497 e. The lowest BCUT2D eigenvalue weighted by molar-refractivity contribution is -0.130. The van der Waals surface area contributed by atoms with E-state index in [1.165, 1.54) is 0 Å². The average Bonchev–Trinajstić information content (AvgIpc) is 3.24. The molecule has 0 bridgehead atoms. The molecule has 0 saturated carbocycles. The fourth-order valence-corrected chi connectivity index (χ4v) is 3.09. The number of ether oxygens (including phenoxy) is 2. The molecule has 1 aromatic heterocycles. The second-order valence-corrected chi connectivity index (χ2v) is 6.02. The molecule has 6 heteroatoms. The van der Waals surface area contributed by atoms with Gasteiger partial charge in [0.1, 0.15) is 16.9 Å². The molecule has 1 unspecified atom stereocenters. The van der Waals surface area contributed by atoms with Crippen LogP contribution in [0.1, 0.15) is 17.8 Å². The van der Waals surface area contributed by atoms with Crippen molar-refractivity contribution >= 4 is 17.2 Å². The van der Waals surface area contributed by atoms with Crippen molar-refractivity contribution in [1.82, 2.24) is 10.3 Å². The fourth-order valence-electron chi connectivity index (χ4n) is 2.35. The van der Waals surface area contributed by atoms with E-state index in [2.05, 4.69) is 10.3 Å². The van der Waals surface area contributed by atoms with E-state index in [9.17, 15) is 4.79 Å². The number of benzene rings is 1. The maximum atomic E-state index is 11.9. The lowest BCUT2D eigenvalue weighted by Crippen LogP contribution is -2.33. The topological polar surface area (TPSA) is 60.5 Å². The zero-order valence-corrected chi connectivity index (χ0v) is 13.2. The van der Waals surface area contributed by atoms with Crippen LogP contribution in [0.2, 0.25) is 0 Å². The molecule has 1 amide bonds. The van der Waals surface area contributed by atoms with Gasteiger partial charge in [-0.15, -0.1) is 11.3 Å². The minimum atomic E-state index is -0.291. The molecule has 0 aliphatic carbocycles. The summed E-state index contributed by atoms with van der Waals surface area (Å²) >= 11 is 1.54. The van der Waals surface area contributed by atoms with Gasteiger partial charge in [0.15, 0.2) is 0 Å². The van der Waals surface area contributed by atoms with Crippen molar-refractivity contribution in [3.8, 4) is 17.0 Å². The number of carbonyl (C=O) groups excluding carboxylic acids is 1. The maximum Gasteiger partial charge on any atom is 0.249 e. The first-order chi connectivity index (χ1) is 10.8. The van der Waals surface area contributed by atoms with Gasteiger partial charge in [0.2, 0.25) is 5.91 Å². The molecule has 2 aromatic rings. The molecule has 116 valence electrons. The van der Waals surface area contributed by atoms with Crippen LogP contribution < -0.4 is 10.1 Å². The van der Waals surface area contributed by atoms with Gasteiger partial charge in [-0.2, -0.15) is 0 Å². The van der Waals surface area contributed by atoms with Crippen LogP contribution >= 0.6 is 11.3 Å². The number of aromatic nitrogens is 1. The molecule has 1 aromatic carbocycles. The summed E-state index contributed by atoms with van der Waals surface area (Å²) in [5, 5.41) is 5.77. The maximum absolute atomic E-state index is 11.9. The highest BCUT2D eigenvalue weighted by atomic mass is 32.1. The number of rotatable bonds is 5. The standard InChI is InChI=1S/C16H18N2O3S/c1-20-12-6-4-11(5-7-12)13-10-22-15(18-13)9-17-16(19)14-3-2-8-21-14/h4-7,10,14H,2-3,8-9H2,1H3,(H,17,19). The Hall–Kier alpha value is -1.92. The number of thiazole rings is 1. The van der Waals surface area contributed by atoms with E-state index < -0.39 is 0 Å². The molecular weight excluding hydrogens is 300 g/mol. The van der Waals surface area contributed by atoms with Gasteiger partial charge >= 0.3 is 0 Å². The fraction of sp³-hybridized carbons (Fsp3) is 0.375. The van der Waals surface area contributed by atoms with E-state index >= 15 is 0 Å². The minimum absolute atomic E-state index is 0.0429. The number of hydrogen-bond acceptors (Lipinski definition) is 5. The number of nitrogens with zero attached hydrogens (tertiary/aromatic N) is 1. The Balaban J connectivity index is 1.59. The normalized spacial score (nSPS) is 17.4. The quantitative estimate of drug-likeness (QED) is 0.920. The molecule has 3 rings (SSSR count). The zero-order valence-electron chi connectivity index (χ0n) is 12.4. The molecule has 0 spiro atoms. The predicted molar refractivity (Wildman–Crippen MR) is 84.9 cm³/mol. The van der Waals surface area contributed by atoms with E-state index in [0.717, 1.165) is 34.9 Å². The molecule has 22 heavy (non-hydrogen) atoms. The zero-order chi connectivity index (χ0) is 15.4. The second kappa shape index (κ2) is 6.89. The van der Waals surface area contributed by atoms with Gasteiger partial charge in [-0.1, -0.05) is 0 Å². The van der Waals surface area contributed by atoms with Crippen molar-refractivity contribution < 1.29 is 14.3 Å². The van der Waals surface area contributed by atoms with Crippen LogP contribution in [0.5, 0.6) is 5.75 Å². The van der Waals surface area contributed by atoms with Gasteiger partial charge in [0.05, 0.1) is 19.3 Å². The second-order valence-electron chi connectivity index (χ2n) is 5.07. The third-order valence-corrected chi connectivity index (χ3v) is 4.42. The van der Waals surface area contributed by atoms with Crippen molar-refractivity contribution in [2.75, 3.05) is 13.7 Å². The first kappa shape index (κ1) is 15.0. The third kappa shape index (κ3) is 3.45. The Morgan fingerprint density at radius 3 is 2.95 bits per heavy atom. The van der Waals surface area contributed by atoms with Gasteiger partial charge < -0.3 is 14.8 Å². The van der Waals surface area contributed by atoms with Crippen molar-refractivity contribution in [2.45, 2.75) is 25.5 Å². The molecule has 0 radical (unpaired) electrons. The SMILES string of the molecule is COc1ccc(-c2csc(CNC(=O)C3CCCO3)n2)cc1. The Kier molecular flexibility index (Phi) is 4.70. The third-order valence-electron chi connectivity index (χ3n) is 3.57. The molecule has 1 saturated heterocycles. The first-order valence-electron chi connectivity index (χ1n) is 7.24. The number of carbonyl (C=O) groups is 1. The van der Waals surface area contributed by atoms with Gasteiger partial charge in [-0.05, 0) is 37.1 Å².